The van der Waals surface area contributed by atoms with Crippen molar-refractivity contribution in [2.45, 2.75) is 0 Å². The summed E-state index contributed by atoms with van der Waals surface area (Å²) in [5.41, 5.74) is 6.14. The van der Waals surface area contributed by atoms with E-state index in [2.05, 4.69) is 25.3 Å². The Kier molecular flexibility index (Phi) is 2.14. The van der Waals surface area contributed by atoms with Crippen molar-refractivity contribution in [3.63, 3.8) is 0 Å². The summed E-state index contributed by atoms with van der Waals surface area (Å²) < 4.78 is 2.28. The third kappa shape index (κ3) is 1.44. The first-order valence-corrected chi connectivity index (χ1v) is 5.13. The van der Waals surface area contributed by atoms with E-state index in [-0.39, 0.29) is 0 Å². The molecule has 0 unspecified atom stereocenters. The van der Waals surface area contributed by atoms with Crippen LogP contribution in [-0.4, -0.2) is 0 Å². The van der Waals surface area contributed by atoms with Crippen LogP contribution in [0.25, 0.3) is 22.7 Å². The fourth-order valence-corrected chi connectivity index (χ4v) is 2.44. The van der Waals surface area contributed by atoms with Crippen LogP contribution in [0.2, 0.25) is 0 Å². The Morgan fingerprint density at radius 2 is 2.07 bits per heavy atom. The summed E-state index contributed by atoms with van der Waals surface area (Å²) in [4.78, 5) is 0. The maximum atomic E-state index is 5.57. The molecule has 70 valence electrons. The lowest BCUT2D eigenvalue weighted by atomic mass is 10.2. The standard InChI is InChI=1S/C12H11NS/c1-8(13)7-11-9(2)14-12-6-4-3-5-10(11)12/h3-7H,1-2,13H2/b11-7+. The van der Waals surface area contributed by atoms with Crippen molar-refractivity contribution in [1.29, 1.82) is 0 Å². The van der Waals surface area contributed by atoms with Gasteiger partial charge in [-0.15, -0.1) is 11.3 Å². The average Bonchev–Trinajstić information content (AvgIpc) is 2.43. The van der Waals surface area contributed by atoms with E-state index in [0.29, 0.717) is 5.70 Å². The van der Waals surface area contributed by atoms with Gasteiger partial charge in [-0.05, 0) is 12.1 Å². The van der Waals surface area contributed by atoms with E-state index in [1.165, 1.54) is 10.1 Å². The molecule has 0 aliphatic heterocycles. The van der Waals surface area contributed by atoms with E-state index in [0.717, 1.165) is 9.75 Å². The van der Waals surface area contributed by atoms with Crippen LogP contribution in [0.3, 0.4) is 0 Å². The van der Waals surface area contributed by atoms with E-state index >= 15 is 0 Å². The van der Waals surface area contributed by atoms with Crippen molar-refractivity contribution in [2.75, 3.05) is 0 Å². The third-order valence-corrected chi connectivity index (χ3v) is 3.08. The normalized spacial score (nSPS) is 12.1. The number of fused-ring (bicyclic) bond motifs is 1. The summed E-state index contributed by atoms with van der Waals surface area (Å²) in [5.74, 6) is 0. The molecule has 0 amide bonds. The Hall–Kier alpha value is -1.54. The molecule has 0 aliphatic carbocycles. The minimum Gasteiger partial charge on any atom is -0.399 e. The lowest BCUT2D eigenvalue weighted by Crippen LogP contribution is -2.17. The highest BCUT2D eigenvalue weighted by atomic mass is 32.1. The van der Waals surface area contributed by atoms with Gasteiger partial charge in [-0.3, -0.25) is 0 Å². The van der Waals surface area contributed by atoms with Gasteiger partial charge >= 0.3 is 0 Å². The van der Waals surface area contributed by atoms with E-state index in [1.54, 1.807) is 11.3 Å². The van der Waals surface area contributed by atoms with Gasteiger partial charge in [0, 0.05) is 25.5 Å². The van der Waals surface area contributed by atoms with Crippen molar-refractivity contribution in [1.82, 2.24) is 0 Å². The van der Waals surface area contributed by atoms with Crippen LogP contribution in [0.15, 0.2) is 36.5 Å². The Labute approximate surface area is 86.5 Å². The lowest BCUT2D eigenvalue weighted by Gasteiger charge is -1.88. The van der Waals surface area contributed by atoms with Crippen LogP contribution in [0.4, 0.5) is 0 Å². The highest BCUT2D eigenvalue weighted by Gasteiger charge is 1.97. The molecular formula is C12H11NS. The molecule has 0 radical (unpaired) electrons. The molecule has 2 rings (SSSR count). The summed E-state index contributed by atoms with van der Waals surface area (Å²) in [7, 11) is 0. The molecule has 2 N–H and O–H groups in total. The molecule has 0 bridgehead atoms. The number of thiophene rings is 1. The Morgan fingerprint density at radius 1 is 1.36 bits per heavy atom. The van der Waals surface area contributed by atoms with E-state index in [4.69, 9.17) is 5.73 Å². The third-order valence-electron chi connectivity index (χ3n) is 2.04. The molecule has 0 aliphatic rings. The zero-order chi connectivity index (χ0) is 10.1. The number of hydrogen-bond donors (Lipinski definition) is 1. The maximum Gasteiger partial charge on any atom is 0.0355 e. The zero-order valence-electron chi connectivity index (χ0n) is 7.79. The van der Waals surface area contributed by atoms with Crippen molar-refractivity contribution >= 4 is 34.1 Å². The van der Waals surface area contributed by atoms with Gasteiger partial charge in [-0.2, -0.15) is 0 Å². The van der Waals surface area contributed by atoms with Crippen molar-refractivity contribution in [2.24, 2.45) is 5.73 Å². The summed E-state index contributed by atoms with van der Waals surface area (Å²) >= 11 is 1.68. The number of hydrogen-bond acceptors (Lipinski definition) is 2. The summed E-state index contributed by atoms with van der Waals surface area (Å²) in [5, 5.41) is 2.30. The summed E-state index contributed by atoms with van der Waals surface area (Å²) in [6.45, 7) is 7.68. The maximum absolute atomic E-state index is 5.57. The Bertz CT molecular complexity index is 592. The number of benzene rings is 1. The number of allylic oxidation sites excluding steroid dienone is 1. The van der Waals surface area contributed by atoms with Gasteiger partial charge in [0.05, 0.1) is 0 Å². The molecule has 0 saturated heterocycles. The topological polar surface area (TPSA) is 26.0 Å². The van der Waals surface area contributed by atoms with Gasteiger partial charge in [-0.25, -0.2) is 0 Å². The molecule has 0 atom stereocenters. The molecule has 1 nitrogen and oxygen atoms in total. The molecule has 2 aromatic rings. The van der Waals surface area contributed by atoms with Crippen LogP contribution in [0.5, 0.6) is 0 Å². The van der Waals surface area contributed by atoms with Crippen molar-refractivity contribution < 1.29 is 0 Å². The zero-order valence-corrected chi connectivity index (χ0v) is 8.60. The molecule has 0 saturated carbocycles. The Balaban J connectivity index is 2.95. The molecular weight excluding hydrogens is 190 g/mol. The van der Waals surface area contributed by atoms with E-state index < -0.39 is 0 Å². The molecule has 2 heteroatoms. The highest BCUT2D eigenvalue weighted by Crippen LogP contribution is 2.11. The van der Waals surface area contributed by atoms with Gasteiger partial charge in [0.2, 0.25) is 0 Å². The van der Waals surface area contributed by atoms with Gasteiger partial charge < -0.3 is 5.73 Å². The smallest absolute Gasteiger partial charge is 0.0355 e. The van der Waals surface area contributed by atoms with E-state index in [9.17, 15) is 0 Å². The Morgan fingerprint density at radius 3 is 2.79 bits per heavy atom. The molecule has 0 spiro atoms. The number of rotatable bonds is 1. The van der Waals surface area contributed by atoms with Crippen LogP contribution in [0.1, 0.15) is 0 Å². The second-order valence-electron chi connectivity index (χ2n) is 3.15. The van der Waals surface area contributed by atoms with Crippen LogP contribution in [-0.2, 0) is 0 Å². The second-order valence-corrected chi connectivity index (χ2v) is 4.29. The first-order chi connectivity index (χ1) is 6.68. The molecule has 1 aromatic heterocycles. The minimum atomic E-state index is 0.568. The van der Waals surface area contributed by atoms with Crippen molar-refractivity contribution in [3.8, 4) is 0 Å². The number of nitrogens with two attached hydrogens (primary N) is 1. The predicted octanol–water partition coefficient (Wildman–Crippen LogP) is 1.56. The van der Waals surface area contributed by atoms with Gasteiger partial charge in [-0.1, -0.05) is 31.4 Å². The summed E-state index contributed by atoms with van der Waals surface area (Å²) in [6.07, 6.45) is 1.88. The van der Waals surface area contributed by atoms with Crippen LogP contribution < -0.4 is 15.5 Å². The molecule has 1 aromatic carbocycles. The first kappa shape index (κ1) is 9.03. The minimum absolute atomic E-state index is 0.568. The van der Waals surface area contributed by atoms with Gasteiger partial charge in [0.25, 0.3) is 0 Å². The lowest BCUT2D eigenvalue weighted by molar-refractivity contribution is 1.50. The molecule has 1 heterocycles. The second kappa shape index (κ2) is 3.31. The predicted molar refractivity (Wildman–Crippen MR) is 64.4 cm³/mol. The van der Waals surface area contributed by atoms with Gasteiger partial charge in [0.1, 0.15) is 0 Å². The van der Waals surface area contributed by atoms with Crippen LogP contribution >= 0.6 is 11.3 Å². The fraction of sp³-hybridized carbons (Fsp3) is 0. The van der Waals surface area contributed by atoms with Crippen LogP contribution in [0, 0.1) is 0 Å². The SMILES string of the molecule is C=C(N)/C=c1\c(=C)sc2ccccc12. The summed E-state index contributed by atoms with van der Waals surface area (Å²) in [6, 6.07) is 8.21. The molecule has 14 heavy (non-hydrogen) atoms. The van der Waals surface area contributed by atoms with E-state index in [1.807, 2.05) is 18.2 Å². The largest absolute Gasteiger partial charge is 0.399 e. The first-order valence-electron chi connectivity index (χ1n) is 4.31. The molecule has 0 fully saturated rings. The quantitative estimate of drug-likeness (QED) is 0.744. The fourth-order valence-electron chi connectivity index (χ4n) is 1.46. The monoisotopic (exact) mass is 201 g/mol. The van der Waals surface area contributed by atoms with Gasteiger partial charge in [0.15, 0.2) is 0 Å². The van der Waals surface area contributed by atoms with Crippen molar-refractivity contribution in [3.05, 3.63) is 46.3 Å². The highest BCUT2D eigenvalue weighted by molar-refractivity contribution is 7.17. The average molecular weight is 201 g/mol.